The van der Waals surface area contributed by atoms with Crippen LogP contribution in [-0.2, 0) is 34.1 Å². The van der Waals surface area contributed by atoms with Crippen molar-refractivity contribution in [2.24, 2.45) is 5.92 Å². The zero-order valence-electron chi connectivity index (χ0n) is 20.3. The van der Waals surface area contributed by atoms with Gasteiger partial charge in [0.1, 0.15) is 17.3 Å². The third-order valence-corrected chi connectivity index (χ3v) is 6.94. The van der Waals surface area contributed by atoms with Gasteiger partial charge in [-0.3, -0.25) is 4.79 Å². The van der Waals surface area contributed by atoms with E-state index in [4.69, 9.17) is 0 Å². The highest BCUT2D eigenvalue weighted by atomic mass is 32.2. The van der Waals surface area contributed by atoms with E-state index in [1.807, 2.05) is 4.90 Å². The number of amides is 1. The molecule has 0 aliphatic carbocycles. The van der Waals surface area contributed by atoms with Crippen LogP contribution in [0.15, 0.2) is 30.3 Å². The lowest BCUT2D eigenvalue weighted by atomic mass is 9.97. The van der Waals surface area contributed by atoms with Crippen molar-refractivity contribution in [3.8, 4) is 0 Å². The lowest BCUT2D eigenvalue weighted by molar-refractivity contribution is -0.141. The van der Waals surface area contributed by atoms with Crippen LogP contribution in [0.3, 0.4) is 0 Å². The Labute approximate surface area is 208 Å². The van der Waals surface area contributed by atoms with Crippen molar-refractivity contribution in [1.29, 1.82) is 0 Å². The van der Waals surface area contributed by atoms with Gasteiger partial charge in [-0.1, -0.05) is 25.1 Å². The molecule has 1 aliphatic rings. The SMILES string of the molecule is CC1CCN(c2nc(C(F)(F)F)ccc2CNC(=O)C(C)c2ccc(F)c(CNS(C)(=O)=O)c2)CC1. The number of nitrogens with zero attached hydrogens (tertiary/aromatic N) is 2. The Balaban J connectivity index is 1.75. The molecule has 198 valence electrons. The van der Waals surface area contributed by atoms with E-state index in [0.29, 0.717) is 30.1 Å². The maximum Gasteiger partial charge on any atom is 0.433 e. The highest BCUT2D eigenvalue weighted by Gasteiger charge is 2.34. The minimum atomic E-state index is -4.58. The number of alkyl halides is 3. The number of hydrogen-bond acceptors (Lipinski definition) is 5. The van der Waals surface area contributed by atoms with Crippen molar-refractivity contribution in [2.75, 3.05) is 24.2 Å². The second-order valence-corrected chi connectivity index (χ2v) is 11.1. The third-order valence-electron chi connectivity index (χ3n) is 6.27. The molecule has 2 N–H and O–H groups in total. The van der Waals surface area contributed by atoms with E-state index in [9.17, 15) is 30.8 Å². The average molecular weight is 531 g/mol. The first-order chi connectivity index (χ1) is 16.7. The second-order valence-electron chi connectivity index (χ2n) is 9.23. The Morgan fingerprint density at radius 3 is 2.42 bits per heavy atom. The number of anilines is 1. The summed E-state index contributed by atoms with van der Waals surface area (Å²) in [6, 6.07) is 6.25. The molecule has 36 heavy (non-hydrogen) atoms. The first-order valence-corrected chi connectivity index (χ1v) is 13.5. The molecule has 0 radical (unpaired) electrons. The van der Waals surface area contributed by atoms with E-state index < -0.39 is 39.5 Å². The molecule has 1 saturated heterocycles. The number of benzene rings is 1. The molecule has 2 aromatic rings. The van der Waals surface area contributed by atoms with E-state index >= 15 is 0 Å². The van der Waals surface area contributed by atoms with Crippen LogP contribution in [0.4, 0.5) is 23.4 Å². The van der Waals surface area contributed by atoms with Crippen LogP contribution in [0, 0.1) is 11.7 Å². The lowest BCUT2D eigenvalue weighted by Gasteiger charge is -2.33. The van der Waals surface area contributed by atoms with Crippen LogP contribution >= 0.6 is 0 Å². The summed E-state index contributed by atoms with van der Waals surface area (Å²) < 4.78 is 78.9. The number of aromatic nitrogens is 1. The predicted molar refractivity (Wildman–Crippen MR) is 128 cm³/mol. The Kier molecular flexibility index (Phi) is 8.60. The topological polar surface area (TPSA) is 91.4 Å². The molecule has 1 unspecified atom stereocenters. The number of carbonyl (C=O) groups is 1. The molecule has 0 spiro atoms. The van der Waals surface area contributed by atoms with Crippen molar-refractivity contribution >= 4 is 21.7 Å². The molecule has 12 heteroatoms. The highest BCUT2D eigenvalue weighted by molar-refractivity contribution is 7.88. The minimum Gasteiger partial charge on any atom is -0.356 e. The van der Waals surface area contributed by atoms with E-state index in [1.165, 1.54) is 18.2 Å². The summed E-state index contributed by atoms with van der Waals surface area (Å²) >= 11 is 0. The van der Waals surface area contributed by atoms with Crippen LogP contribution in [0.1, 0.15) is 55.0 Å². The normalized spacial score (nSPS) is 16.1. The smallest absolute Gasteiger partial charge is 0.356 e. The fraction of sp³-hybridized carbons (Fsp3) is 0.500. The standard InChI is InChI=1S/C24H30F4N4O3S/c1-15-8-10-32(11-9-15)22-18(5-7-21(31-22)24(26,27)28)13-29-23(33)16(2)17-4-6-20(25)19(12-17)14-30-36(3,34)35/h4-7,12,15-16,30H,8-11,13-14H2,1-3H3,(H,29,33). The quantitative estimate of drug-likeness (QED) is 0.505. The number of nitrogens with one attached hydrogen (secondary N) is 2. The maximum atomic E-state index is 14.1. The van der Waals surface area contributed by atoms with Gasteiger partial charge in [0.15, 0.2) is 0 Å². The molecule has 1 atom stereocenters. The summed E-state index contributed by atoms with van der Waals surface area (Å²) in [6.07, 6.45) is -1.95. The molecule has 1 fully saturated rings. The van der Waals surface area contributed by atoms with Crippen molar-refractivity contribution in [2.45, 2.75) is 51.9 Å². The van der Waals surface area contributed by atoms with Gasteiger partial charge in [0.25, 0.3) is 0 Å². The zero-order chi connectivity index (χ0) is 26.7. The van der Waals surface area contributed by atoms with Crippen LogP contribution in [-0.4, -0.2) is 38.7 Å². The monoisotopic (exact) mass is 530 g/mol. The van der Waals surface area contributed by atoms with Crippen LogP contribution in [0.5, 0.6) is 0 Å². The minimum absolute atomic E-state index is 0.0284. The molecular weight excluding hydrogens is 500 g/mol. The van der Waals surface area contributed by atoms with Gasteiger partial charge in [0.05, 0.1) is 12.2 Å². The Morgan fingerprint density at radius 1 is 1.14 bits per heavy atom. The van der Waals surface area contributed by atoms with E-state index in [0.717, 1.165) is 31.2 Å². The van der Waals surface area contributed by atoms with E-state index in [2.05, 4.69) is 21.9 Å². The Bertz CT molecular complexity index is 1200. The molecule has 7 nitrogen and oxygen atoms in total. The van der Waals surface area contributed by atoms with Gasteiger partial charge in [-0.05, 0) is 43.4 Å². The first-order valence-electron chi connectivity index (χ1n) is 11.6. The van der Waals surface area contributed by atoms with Crippen LogP contribution in [0.2, 0.25) is 0 Å². The van der Waals surface area contributed by atoms with Crippen molar-refractivity contribution in [3.05, 3.63) is 58.5 Å². The molecule has 1 aliphatic heterocycles. The Morgan fingerprint density at radius 2 is 1.81 bits per heavy atom. The molecule has 2 heterocycles. The number of pyridine rings is 1. The molecule has 0 saturated carbocycles. The number of sulfonamides is 1. The summed E-state index contributed by atoms with van der Waals surface area (Å²) in [5.74, 6) is -1.06. The van der Waals surface area contributed by atoms with Crippen LogP contribution < -0.4 is 14.9 Å². The first kappa shape index (κ1) is 27.9. The van der Waals surface area contributed by atoms with Gasteiger partial charge in [-0.2, -0.15) is 13.2 Å². The Hall–Kier alpha value is -2.73. The fourth-order valence-corrected chi connectivity index (χ4v) is 4.38. The zero-order valence-corrected chi connectivity index (χ0v) is 21.1. The summed E-state index contributed by atoms with van der Waals surface area (Å²) in [6.45, 7) is 4.56. The van der Waals surface area contributed by atoms with Crippen molar-refractivity contribution in [1.82, 2.24) is 15.0 Å². The lowest BCUT2D eigenvalue weighted by Crippen LogP contribution is -2.35. The predicted octanol–water partition coefficient (Wildman–Crippen LogP) is 3.94. The van der Waals surface area contributed by atoms with Gasteiger partial charge >= 0.3 is 6.18 Å². The highest BCUT2D eigenvalue weighted by Crippen LogP contribution is 2.32. The third kappa shape index (κ3) is 7.39. The van der Waals surface area contributed by atoms with Gasteiger partial charge in [0.2, 0.25) is 15.9 Å². The average Bonchev–Trinajstić information content (AvgIpc) is 2.81. The molecule has 1 aromatic carbocycles. The number of rotatable bonds is 8. The molecule has 1 aromatic heterocycles. The largest absolute Gasteiger partial charge is 0.433 e. The molecule has 3 rings (SSSR count). The number of halogens is 4. The molecule has 1 amide bonds. The van der Waals surface area contributed by atoms with Gasteiger partial charge in [-0.25, -0.2) is 22.5 Å². The fourth-order valence-electron chi connectivity index (χ4n) is 3.96. The maximum absolute atomic E-state index is 14.1. The van der Waals surface area contributed by atoms with Crippen LogP contribution in [0.25, 0.3) is 0 Å². The molecule has 0 bridgehead atoms. The van der Waals surface area contributed by atoms with Gasteiger partial charge in [-0.15, -0.1) is 0 Å². The van der Waals surface area contributed by atoms with Gasteiger partial charge in [0, 0.05) is 37.3 Å². The van der Waals surface area contributed by atoms with E-state index in [1.54, 1.807) is 6.92 Å². The summed E-state index contributed by atoms with van der Waals surface area (Å²) in [7, 11) is -3.53. The summed E-state index contributed by atoms with van der Waals surface area (Å²) in [4.78, 5) is 18.6. The van der Waals surface area contributed by atoms with Crippen molar-refractivity contribution in [3.63, 3.8) is 0 Å². The number of piperidine rings is 1. The molecular formula is C24H30F4N4O3S. The van der Waals surface area contributed by atoms with Crippen molar-refractivity contribution < 1.29 is 30.8 Å². The van der Waals surface area contributed by atoms with Gasteiger partial charge < -0.3 is 10.2 Å². The van der Waals surface area contributed by atoms with E-state index in [-0.39, 0.29) is 24.5 Å². The second kappa shape index (κ2) is 11.1. The summed E-state index contributed by atoms with van der Waals surface area (Å²) in [5, 5.41) is 2.74. The number of carbonyl (C=O) groups excluding carboxylic acids is 1. The number of hydrogen-bond donors (Lipinski definition) is 2. The summed E-state index contributed by atoms with van der Waals surface area (Å²) in [5.41, 5.74) is 0.0393.